The SMILES string of the molecule is CCCC(C)N1CC=C[C@]23S[C@]4(C)C=CCN(Cc5ccccc5)C(=O)[C@@H]4[C@H]2C(=O)N(CCCO)C3C1=O. The Hall–Kier alpha value is -2.58. The number of carbonyl (C=O) groups excluding carboxylic acids is 3. The van der Waals surface area contributed by atoms with E-state index >= 15 is 0 Å². The van der Waals surface area contributed by atoms with Gasteiger partial charge in [0, 0.05) is 43.6 Å². The van der Waals surface area contributed by atoms with Gasteiger partial charge in [0.25, 0.3) is 0 Å². The van der Waals surface area contributed by atoms with Crippen LogP contribution in [0, 0.1) is 11.8 Å². The van der Waals surface area contributed by atoms with Crippen LogP contribution in [0.15, 0.2) is 54.6 Å². The van der Waals surface area contributed by atoms with Gasteiger partial charge in [0.2, 0.25) is 17.7 Å². The quantitative estimate of drug-likeness (QED) is 0.515. The highest BCUT2D eigenvalue weighted by molar-refractivity contribution is 8.02. The highest BCUT2D eigenvalue weighted by atomic mass is 32.2. The molecule has 0 bridgehead atoms. The van der Waals surface area contributed by atoms with Gasteiger partial charge in [-0.3, -0.25) is 14.4 Å². The van der Waals surface area contributed by atoms with E-state index in [0.29, 0.717) is 32.6 Å². The molecule has 2 fully saturated rings. The predicted octanol–water partition coefficient (Wildman–Crippen LogP) is 3.24. The Morgan fingerprint density at radius 3 is 2.47 bits per heavy atom. The van der Waals surface area contributed by atoms with E-state index in [1.54, 1.807) is 16.7 Å². The monoisotopic (exact) mass is 537 g/mol. The molecule has 2 saturated heterocycles. The van der Waals surface area contributed by atoms with Crippen LogP contribution in [0.2, 0.25) is 0 Å². The smallest absolute Gasteiger partial charge is 0.247 e. The van der Waals surface area contributed by atoms with E-state index in [1.165, 1.54) is 0 Å². The number of likely N-dealkylation sites (tertiary alicyclic amines) is 1. The molecule has 1 aromatic carbocycles. The van der Waals surface area contributed by atoms with Crippen molar-refractivity contribution in [2.24, 2.45) is 11.8 Å². The van der Waals surface area contributed by atoms with Crippen LogP contribution in [0.5, 0.6) is 0 Å². The number of carbonyl (C=O) groups is 3. The number of hydrogen-bond acceptors (Lipinski definition) is 5. The lowest BCUT2D eigenvalue weighted by Crippen LogP contribution is -2.55. The van der Waals surface area contributed by atoms with Gasteiger partial charge in [0.15, 0.2) is 0 Å². The molecule has 4 heterocycles. The van der Waals surface area contributed by atoms with Crippen molar-refractivity contribution < 1.29 is 19.5 Å². The van der Waals surface area contributed by atoms with Crippen LogP contribution < -0.4 is 0 Å². The minimum absolute atomic E-state index is 0.0341. The lowest BCUT2D eigenvalue weighted by atomic mass is 9.74. The Labute approximate surface area is 229 Å². The molecule has 38 heavy (non-hydrogen) atoms. The van der Waals surface area contributed by atoms with Gasteiger partial charge in [-0.2, -0.15) is 0 Å². The minimum atomic E-state index is -0.834. The van der Waals surface area contributed by atoms with Gasteiger partial charge in [0.1, 0.15) is 6.04 Å². The molecule has 4 aliphatic rings. The second-order valence-electron chi connectivity index (χ2n) is 11.2. The molecule has 8 heteroatoms. The largest absolute Gasteiger partial charge is 0.396 e. The standard InChI is InChI=1S/C30H39N3O4S/c1-4-11-21(2)32-17-9-15-30-24(27(36)33(18-10-19-34)25(30)28(32)37)23-26(35)31(16-8-14-29(23,3)38-30)20-22-12-6-5-7-13-22/h5-9,12-15,21,23-25,34H,4,10-11,16-20H2,1-3H3/t21?,23-,24-,25?,29+,30-/m0/s1. The first-order valence-corrected chi connectivity index (χ1v) is 14.7. The third-order valence-electron chi connectivity index (χ3n) is 8.68. The van der Waals surface area contributed by atoms with E-state index in [9.17, 15) is 19.5 Å². The fourth-order valence-corrected chi connectivity index (χ4v) is 9.14. The summed E-state index contributed by atoms with van der Waals surface area (Å²) in [7, 11) is 0. The van der Waals surface area contributed by atoms with Crippen LogP contribution in [-0.2, 0) is 20.9 Å². The van der Waals surface area contributed by atoms with Crippen LogP contribution in [0.25, 0.3) is 0 Å². The van der Waals surface area contributed by atoms with Crippen LogP contribution in [-0.4, -0.2) is 85.3 Å². The molecule has 0 radical (unpaired) electrons. The fourth-order valence-electron chi connectivity index (χ4n) is 6.99. The number of hydrogen-bond donors (Lipinski definition) is 1. The van der Waals surface area contributed by atoms with Crippen molar-refractivity contribution in [1.29, 1.82) is 0 Å². The second-order valence-corrected chi connectivity index (χ2v) is 13.0. The summed E-state index contributed by atoms with van der Waals surface area (Å²) in [6.45, 7) is 7.94. The molecule has 0 aliphatic carbocycles. The molecule has 1 aromatic rings. The maximum atomic E-state index is 14.3. The van der Waals surface area contributed by atoms with Crippen LogP contribution in [0.3, 0.4) is 0 Å². The van der Waals surface area contributed by atoms with E-state index in [4.69, 9.17) is 0 Å². The average molecular weight is 538 g/mol. The van der Waals surface area contributed by atoms with Gasteiger partial charge in [-0.15, -0.1) is 11.8 Å². The number of nitrogens with zero attached hydrogens (tertiary/aromatic N) is 3. The number of amides is 3. The van der Waals surface area contributed by atoms with Gasteiger partial charge in [-0.05, 0) is 32.3 Å². The third kappa shape index (κ3) is 4.30. The number of fused-ring (bicyclic) bond motifs is 2. The summed E-state index contributed by atoms with van der Waals surface area (Å²) in [4.78, 5) is 48.2. The molecular formula is C30H39N3O4S. The molecule has 7 nitrogen and oxygen atoms in total. The Kier molecular flexibility index (Phi) is 7.48. The van der Waals surface area contributed by atoms with E-state index in [0.717, 1.165) is 18.4 Å². The zero-order valence-electron chi connectivity index (χ0n) is 22.6. The molecule has 0 aromatic heterocycles. The lowest BCUT2D eigenvalue weighted by molar-refractivity contribution is -0.145. The Morgan fingerprint density at radius 2 is 1.76 bits per heavy atom. The molecule has 1 N–H and O–H groups in total. The molecule has 204 valence electrons. The summed E-state index contributed by atoms with van der Waals surface area (Å²) in [5, 5.41) is 9.60. The Morgan fingerprint density at radius 1 is 1.03 bits per heavy atom. The summed E-state index contributed by atoms with van der Waals surface area (Å²) >= 11 is 1.62. The molecule has 4 aliphatic heterocycles. The van der Waals surface area contributed by atoms with Crippen molar-refractivity contribution in [3.63, 3.8) is 0 Å². The normalized spacial score (nSPS) is 33.2. The van der Waals surface area contributed by atoms with Crippen molar-refractivity contribution in [2.45, 2.75) is 68.2 Å². The molecule has 5 rings (SSSR count). The summed E-state index contributed by atoms with van der Waals surface area (Å²) < 4.78 is -1.45. The van der Waals surface area contributed by atoms with Crippen LogP contribution in [0.4, 0.5) is 0 Å². The van der Waals surface area contributed by atoms with Crippen molar-refractivity contribution in [3.05, 3.63) is 60.2 Å². The molecular weight excluding hydrogens is 498 g/mol. The average Bonchev–Trinajstić information content (AvgIpc) is 3.16. The van der Waals surface area contributed by atoms with E-state index in [2.05, 4.69) is 32.9 Å². The van der Waals surface area contributed by atoms with Crippen LogP contribution >= 0.6 is 11.8 Å². The van der Waals surface area contributed by atoms with Crippen molar-refractivity contribution in [2.75, 3.05) is 26.2 Å². The molecule has 0 saturated carbocycles. The van der Waals surface area contributed by atoms with Gasteiger partial charge in [-0.1, -0.05) is 68.0 Å². The maximum Gasteiger partial charge on any atom is 0.247 e. The lowest BCUT2D eigenvalue weighted by Gasteiger charge is -2.38. The highest BCUT2D eigenvalue weighted by Gasteiger charge is 2.73. The van der Waals surface area contributed by atoms with Crippen molar-refractivity contribution >= 4 is 29.5 Å². The minimum Gasteiger partial charge on any atom is -0.396 e. The molecule has 2 unspecified atom stereocenters. The molecule has 3 amide bonds. The van der Waals surface area contributed by atoms with Crippen LogP contribution in [0.1, 0.15) is 45.6 Å². The van der Waals surface area contributed by atoms with Gasteiger partial charge < -0.3 is 19.8 Å². The van der Waals surface area contributed by atoms with E-state index in [1.807, 2.05) is 52.3 Å². The Bertz CT molecular complexity index is 1140. The number of aliphatic hydroxyl groups is 1. The van der Waals surface area contributed by atoms with Gasteiger partial charge in [0.05, 0.1) is 16.6 Å². The first kappa shape index (κ1) is 27.0. The number of rotatable bonds is 8. The summed E-state index contributed by atoms with van der Waals surface area (Å²) in [5.74, 6) is -1.45. The fraction of sp³-hybridized carbons (Fsp3) is 0.567. The van der Waals surface area contributed by atoms with E-state index in [-0.39, 0.29) is 30.4 Å². The second kappa shape index (κ2) is 10.5. The number of aliphatic hydroxyl groups excluding tert-OH is 1. The van der Waals surface area contributed by atoms with Gasteiger partial charge >= 0.3 is 0 Å². The van der Waals surface area contributed by atoms with Crippen molar-refractivity contribution in [3.8, 4) is 0 Å². The zero-order chi connectivity index (χ0) is 27.1. The molecule has 1 spiro atoms. The molecule has 6 atom stereocenters. The Balaban J connectivity index is 1.57. The predicted molar refractivity (Wildman–Crippen MR) is 149 cm³/mol. The summed E-state index contributed by atoms with van der Waals surface area (Å²) in [6, 6.07) is 9.28. The summed E-state index contributed by atoms with van der Waals surface area (Å²) in [6.07, 6.45) is 10.5. The summed E-state index contributed by atoms with van der Waals surface area (Å²) in [5.41, 5.74) is 1.04. The number of benzene rings is 1. The number of thioether (sulfide) groups is 1. The third-order valence-corrected chi connectivity index (χ3v) is 10.5. The topological polar surface area (TPSA) is 81.2 Å². The highest BCUT2D eigenvalue weighted by Crippen LogP contribution is 2.65. The zero-order valence-corrected chi connectivity index (χ0v) is 23.4. The first-order chi connectivity index (χ1) is 18.3. The van der Waals surface area contributed by atoms with Gasteiger partial charge in [-0.25, -0.2) is 0 Å². The van der Waals surface area contributed by atoms with Crippen molar-refractivity contribution in [1.82, 2.24) is 14.7 Å². The first-order valence-electron chi connectivity index (χ1n) is 13.9. The van der Waals surface area contributed by atoms with E-state index < -0.39 is 27.4 Å². The maximum absolute atomic E-state index is 14.3.